The first-order valence-electron chi connectivity index (χ1n) is 9.60. The molecule has 0 aromatic heterocycles. The van der Waals surface area contributed by atoms with Gasteiger partial charge in [-0.25, -0.2) is 8.42 Å². The predicted octanol–water partition coefficient (Wildman–Crippen LogP) is 5.00. The molecule has 0 heterocycles. The third kappa shape index (κ3) is 6.52. The Morgan fingerprint density at radius 1 is 0.871 bits per heavy atom. The molecular formula is C24H25NO5S. The number of rotatable bonds is 9. The lowest BCUT2D eigenvalue weighted by Gasteiger charge is -2.12. The van der Waals surface area contributed by atoms with Crippen LogP contribution in [0.1, 0.15) is 16.7 Å². The summed E-state index contributed by atoms with van der Waals surface area (Å²) in [7, 11) is -0.479. The summed E-state index contributed by atoms with van der Waals surface area (Å²) in [5.74, 6) is 1.86. The minimum absolute atomic E-state index is 0.365. The zero-order chi connectivity index (χ0) is 22.3. The van der Waals surface area contributed by atoms with E-state index in [0.717, 1.165) is 22.3 Å². The Morgan fingerprint density at radius 2 is 1.58 bits per heavy atom. The maximum atomic E-state index is 12.3. The molecular weight excluding hydrogens is 414 g/mol. The van der Waals surface area contributed by atoms with Gasteiger partial charge in [0.25, 0.3) is 10.0 Å². The minimum Gasteiger partial charge on any atom is -0.497 e. The fraction of sp³-hybridized carbons (Fsp3) is 0.167. The van der Waals surface area contributed by atoms with Crippen LogP contribution in [0.4, 0.5) is 5.69 Å². The van der Waals surface area contributed by atoms with Gasteiger partial charge in [-0.1, -0.05) is 35.9 Å². The number of aryl methyl sites for hydroxylation is 1. The molecule has 0 saturated heterocycles. The molecule has 3 aromatic rings. The van der Waals surface area contributed by atoms with Gasteiger partial charge in [0.15, 0.2) is 11.5 Å². The summed E-state index contributed by atoms with van der Waals surface area (Å²) in [6.07, 6.45) is 1.51. The van der Waals surface area contributed by atoms with Crippen LogP contribution in [0, 0.1) is 6.92 Å². The molecule has 0 atom stereocenters. The van der Waals surface area contributed by atoms with Crippen molar-refractivity contribution < 1.29 is 22.6 Å². The molecule has 3 rings (SSSR count). The summed E-state index contributed by atoms with van der Waals surface area (Å²) in [6, 6.07) is 20.0. The highest BCUT2D eigenvalue weighted by molar-refractivity contribution is 7.95. The number of hydrogen-bond donors (Lipinski definition) is 1. The summed E-state index contributed by atoms with van der Waals surface area (Å²) in [5, 5.41) is 1.12. The van der Waals surface area contributed by atoms with Gasteiger partial charge in [-0.15, -0.1) is 0 Å². The fourth-order valence-corrected chi connectivity index (χ4v) is 3.65. The number of nitrogens with one attached hydrogen (secondary N) is 1. The smallest absolute Gasteiger partial charge is 0.255 e. The van der Waals surface area contributed by atoms with Crippen LogP contribution in [-0.4, -0.2) is 22.6 Å². The second-order valence-corrected chi connectivity index (χ2v) is 8.43. The molecule has 0 saturated carbocycles. The molecule has 6 nitrogen and oxygen atoms in total. The largest absolute Gasteiger partial charge is 0.497 e. The maximum Gasteiger partial charge on any atom is 0.255 e. The molecule has 31 heavy (non-hydrogen) atoms. The highest BCUT2D eigenvalue weighted by Gasteiger charge is 2.08. The second-order valence-electron chi connectivity index (χ2n) is 6.86. The standard InChI is InChI=1S/C24H25NO5S/c1-18-4-9-21(10-5-18)25-31(26,27)15-14-19-8-13-23(24(16-19)29-3)30-17-20-6-11-22(28-2)12-7-20/h4-16,25H,17H2,1-3H3/b15-14+. The van der Waals surface area contributed by atoms with Crippen molar-refractivity contribution in [3.63, 3.8) is 0 Å². The topological polar surface area (TPSA) is 73.9 Å². The van der Waals surface area contributed by atoms with Crippen LogP contribution in [0.3, 0.4) is 0 Å². The molecule has 162 valence electrons. The second kappa shape index (κ2) is 10.0. The first-order chi connectivity index (χ1) is 14.9. The number of benzene rings is 3. The van der Waals surface area contributed by atoms with E-state index in [1.807, 2.05) is 43.3 Å². The van der Waals surface area contributed by atoms with E-state index >= 15 is 0 Å². The van der Waals surface area contributed by atoms with Gasteiger partial charge in [-0.3, -0.25) is 4.72 Å². The minimum atomic E-state index is -3.64. The maximum absolute atomic E-state index is 12.3. The van der Waals surface area contributed by atoms with Gasteiger partial charge in [-0.2, -0.15) is 0 Å². The molecule has 0 aliphatic heterocycles. The number of anilines is 1. The van der Waals surface area contributed by atoms with Gasteiger partial charge < -0.3 is 14.2 Å². The molecule has 0 unspecified atom stereocenters. The van der Waals surface area contributed by atoms with Gasteiger partial charge in [-0.05, 0) is 60.5 Å². The van der Waals surface area contributed by atoms with Crippen molar-refractivity contribution >= 4 is 21.8 Å². The molecule has 0 radical (unpaired) electrons. The number of hydrogen-bond acceptors (Lipinski definition) is 5. The van der Waals surface area contributed by atoms with E-state index in [-0.39, 0.29) is 0 Å². The van der Waals surface area contributed by atoms with Gasteiger partial charge in [0.1, 0.15) is 12.4 Å². The van der Waals surface area contributed by atoms with Crippen LogP contribution < -0.4 is 18.9 Å². The van der Waals surface area contributed by atoms with Crippen molar-refractivity contribution in [2.24, 2.45) is 0 Å². The number of sulfonamides is 1. The molecule has 1 N–H and O–H groups in total. The van der Waals surface area contributed by atoms with Crippen molar-refractivity contribution in [1.29, 1.82) is 0 Å². The lowest BCUT2D eigenvalue weighted by molar-refractivity contribution is 0.284. The lowest BCUT2D eigenvalue weighted by atomic mass is 10.2. The average Bonchev–Trinajstić information content (AvgIpc) is 2.78. The highest BCUT2D eigenvalue weighted by atomic mass is 32.2. The van der Waals surface area contributed by atoms with Crippen molar-refractivity contribution in [2.45, 2.75) is 13.5 Å². The zero-order valence-electron chi connectivity index (χ0n) is 17.7. The van der Waals surface area contributed by atoms with Gasteiger partial charge >= 0.3 is 0 Å². The van der Waals surface area contributed by atoms with E-state index in [4.69, 9.17) is 14.2 Å². The Morgan fingerprint density at radius 3 is 2.23 bits per heavy atom. The third-order valence-corrected chi connectivity index (χ3v) is 5.51. The predicted molar refractivity (Wildman–Crippen MR) is 123 cm³/mol. The van der Waals surface area contributed by atoms with E-state index in [9.17, 15) is 8.42 Å². The molecule has 0 spiro atoms. The third-order valence-electron chi connectivity index (χ3n) is 4.49. The molecule has 3 aromatic carbocycles. The monoisotopic (exact) mass is 439 g/mol. The summed E-state index contributed by atoms with van der Waals surface area (Å²) in [5.41, 5.74) is 3.22. The summed E-state index contributed by atoms with van der Waals surface area (Å²) >= 11 is 0. The van der Waals surface area contributed by atoms with Crippen LogP contribution in [0.2, 0.25) is 0 Å². The Kier molecular flexibility index (Phi) is 7.20. The molecule has 0 aliphatic rings. The quantitative estimate of drug-likeness (QED) is 0.508. The van der Waals surface area contributed by atoms with Gasteiger partial charge in [0.2, 0.25) is 0 Å². The lowest BCUT2D eigenvalue weighted by Crippen LogP contribution is -2.08. The van der Waals surface area contributed by atoms with Crippen LogP contribution >= 0.6 is 0 Å². The summed E-state index contributed by atoms with van der Waals surface area (Å²) < 4.78 is 43.6. The fourth-order valence-electron chi connectivity index (χ4n) is 2.78. The Labute approximate surface area is 183 Å². The molecule has 0 amide bonds. The van der Waals surface area contributed by atoms with Crippen molar-refractivity contribution in [3.05, 3.63) is 88.8 Å². The summed E-state index contributed by atoms with van der Waals surface area (Å²) in [6.45, 7) is 2.31. The molecule has 0 fully saturated rings. The molecule has 0 aliphatic carbocycles. The first-order valence-corrected chi connectivity index (χ1v) is 11.1. The SMILES string of the molecule is COc1ccc(COc2ccc(/C=C/S(=O)(=O)Nc3ccc(C)cc3)cc2OC)cc1. The Balaban J connectivity index is 1.67. The zero-order valence-corrected chi connectivity index (χ0v) is 18.5. The normalized spacial score (nSPS) is 11.3. The van der Waals surface area contributed by atoms with Crippen LogP contribution in [0.15, 0.2) is 72.1 Å². The molecule has 7 heteroatoms. The Bertz CT molecular complexity index is 1140. The van der Waals surface area contributed by atoms with Crippen molar-refractivity contribution in [3.8, 4) is 17.2 Å². The van der Waals surface area contributed by atoms with E-state index in [1.54, 1.807) is 44.6 Å². The number of methoxy groups -OCH3 is 2. The Hall–Kier alpha value is -3.45. The first kappa shape index (κ1) is 22.2. The van der Waals surface area contributed by atoms with E-state index < -0.39 is 10.0 Å². The average molecular weight is 440 g/mol. The van der Waals surface area contributed by atoms with Crippen LogP contribution in [0.25, 0.3) is 6.08 Å². The van der Waals surface area contributed by atoms with Crippen LogP contribution in [0.5, 0.6) is 17.2 Å². The number of ether oxygens (including phenoxy) is 3. The van der Waals surface area contributed by atoms with Crippen molar-refractivity contribution in [1.82, 2.24) is 0 Å². The van der Waals surface area contributed by atoms with E-state index in [0.29, 0.717) is 29.4 Å². The summed E-state index contributed by atoms with van der Waals surface area (Å²) in [4.78, 5) is 0. The molecule has 0 bridgehead atoms. The van der Waals surface area contributed by atoms with Crippen LogP contribution in [-0.2, 0) is 16.6 Å². The van der Waals surface area contributed by atoms with Gasteiger partial charge in [0, 0.05) is 5.69 Å². The van der Waals surface area contributed by atoms with E-state index in [1.165, 1.54) is 6.08 Å². The highest BCUT2D eigenvalue weighted by Crippen LogP contribution is 2.29. The van der Waals surface area contributed by atoms with Gasteiger partial charge in [0.05, 0.1) is 19.6 Å². The van der Waals surface area contributed by atoms with Crippen molar-refractivity contribution in [2.75, 3.05) is 18.9 Å². The van der Waals surface area contributed by atoms with E-state index in [2.05, 4.69) is 4.72 Å².